The summed E-state index contributed by atoms with van der Waals surface area (Å²) in [5, 5.41) is 5.46. The van der Waals surface area contributed by atoms with Crippen molar-refractivity contribution < 1.29 is 4.79 Å². The van der Waals surface area contributed by atoms with Crippen LogP contribution in [0.1, 0.15) is 25.1 Å². The predicted octanol–water partition coefficient (Wildman–Crippen LogP) is 2.65. The van der Waals surface area contributed by atoms with Gasteiger partial charge in [0.05, 0.1) is 0 Å². The number of carbonyl (C=O) groups is 1. The molecule has 1 aliphatic rings. The van der Waals surface area contributed by atoms with Crippen molar-refractivity contribution in [2.24, 2.45) is 0 Å². The zero-order chi connectivity index (χ0) is 13.1. The van der Waals surface area contributed by atoms with Gasteiger partial charge in [-0.3, -0.25) is 4.79 Å². The maximum absolute atomic E-state index is 12.2. The van der Waals surface area contributed by atoms with E-state index < -0.39 is 0 Å². The summed E-state index contributed by atoms with van der Waals surface area (Å²) in [7, 11) is 0. The van der Waals surface area contributed by atoms with Gasteiger partial charge in [0, 0.05) is 46.3 Å². The van der Waals surface area contributed by atoms with E-state index in [9.17, 15) is 4.79 Å². The second-order valence-electron chi connectivity index (χ2n) is 4.80. The number of nitrogens with zero attached hydrogens (tertiary/aromatic N) is 1. The first-order chi connectivity index (χ1) is 8.58. The molecule has 2 heterocycles. The number of piperazine rings is 1. The molecule has 18 heavy (non-hydrogen) atoms. The minimum atomic E-state index is 0.278. The summed E-state index contributed by atoms with van der Waals surface area (Å²) in [6, 6.07) is 2.78. The van der Waals surface area contributed by atoms with Crippen LogP contribution in [0.15, 0.2) is 15.9 Å². The Morgan fingerprint density at radius 1 is 1.61 bits per heavy atom. The van der Waals surface area contributed by atoms with Crippen LogP contribution in [0, 0.1) is 0 Å². The Balaban J connectivity index is 1.87. The standard InChI is InChI=1S/C13H19BrN2OS/c1-9-10(2)16(6-5-15-9)13(17)4-3-12-7-11(14)8-18-12/h7-10,15H,3-6H2,1-2H3. The number of hydrogen-bond donors (Lipinski definition) is 1. The van der Waals surface area contributed by atoms with Gasteiger partial charge in [0.15, 0.2) is 0 Å². The summed E-state index contributed by atoms with van der Waals surface area (Å²) in [4.78, 5) is 15.5. The van der Waals surface area contributed by atoms with Gasteiger partial charge in [-0.15, -0.1) is 11.3 Å². The van der Waals surface area contributed by atoms with Crippen molar-refractivity contribution in [3.8, 4) is 0 Å². The average Bonchev–Trinajstić information content (AvgIpc) is 2.76. The van der Waals surface area contributed by atoms with E-state index in [-0.39, 0.29) is 5.91 Å². The summed E-state index contributed by atoms with van der Waals surface area (Å²) >= 11 is 5.15. The third-order valence-corrected chi connectivity index (χ3v) is 5.32. The fourth-order valence-corrected chi connectivity index (χ4v) is 3.72. The lowest BCUT2D eigenvalue weighted by Gasteiger charge is -2.38. The molecule has 2 rings (SSSR count). The molecular formula is C13H19BrN2OS. The van der Waals surface area contributed by atoms with Gasteiger partial charge in [-0.25, -0.2) is 0 Å². The molecule has 1 aliphatic heterocycles. The Morgan fingerprint density at radius 3 is 3.06 bits per heavy atom. The van der Waals surface area contributed by atoms with E-state index in [4.69, 9.17) is 0 Å². The number of hydrogen-bond acceptors (Lipinski definition) is 3. The van der Waals surface area contributed by atoms with Crippen LogP contribution in [-0.2, 0) is 11.2 Å². The maximum atomic E-state index is 12.2. The van der Waals surface area contributed by atoms with E-state index in [0.717, 1.165) is 24.0 Å². The fraction of sp³-hybridized carbons (Fsp3) is 0.615. The van der Waals surface area contributed by atoms with Gasteiger partial charge < -0.3 is 10.2 Å². The second kappa shape index (κ2) is 6.17. The number of amides is 1. The summed E-state index contributed by atoms with van der Waals surface area (Å²) in [6.45, 7) is 6.00. The second-order valence-corrected chi connectivity index (χ2v) is 6.71. The van der Waals surface area contributed by atoms with Gasteiger partial charge in [-0.2, -0.15) is 0 Å². The zero-order valence-corrected chi connectivity index (χ0v) is 13.2. The lowest BCUT2D eigenvalue weighted by Crippen LogP contribution is -2.57. The predicted molar refractivity (Wildman–Crippen MR) is 79.0 cm³/mol. The van der Waals surface area contributed by atoms with E-state index in [1.54, 1.807) is 11.3 Å². The summed E-state index contributed by atoms with van der Waals surface area (Å²) in [5.74, 6) is 0.278. The fourth-order valence-electron chi connectivity index (χ4n) is 2.27. The number of aryl methyl sites for hydroxylation is 1. The minimum absolute atomic E-state index is 0.278. The first-order valence-corrected chi connectivity index (χ1v) is 8.01. The molecule has 0 spiro atoms. The summed E-state index contributed by atoms with van der Waals surface area (Å²) in [5.41, 5.74) is 0. The van der Waals surface area contributed by atoms with Gasteiger partial charge in [0.2, 0.25) is 5.91 Å². The highest BCUT2D eigenvalue weighted by Crippen LogP contribution is 2.21. The van der Waals surface area contributed by atoms with Crippen LogP contribution in [0.4, 0.5) is 0 Å². The molecule has 1 N–H and O–H groups in total. The van der Waals surface area contributed by atoms with E-state index in [2.05, 4.69) is 46.5 Å². The zero-order valence-electron chi connectivity index (χ0n) is 10.8. The van der Waals surface area contributed by atoms with Crippen LogP contribution in [0.25, 0.3) is 0 Å². The molecule has 1 fully saturated rings. The van der Waals surface area contributed by atoms with Crippen molar-refractivity contribution in [1.29, 1.82) is 0 Å². The Bertz CT molecular complexity index is 421. The first kappa shape index (κ1) is 14.0. The number of rotatable bonds is 3. The van der Waals surface area contributed by atoms with E-state index in [1.165, 1.54) is 4.88 Å². The van der Waals surface area contributed by atoms with E-state index in [1.807, 2.05) is 4.90 Å². The molecule has 1 aromatic heterocycles. The van der Waals surface area contributed by atoms with Crippen LogP contribution in [-0.4, -0.2) is 36.0 Å². The van der Waals surface area contributed by atoms with Crippen molar-refractivity contribution in [3.05, 3.63) is 20.8 Å². The van der Waals surface area contributed by atoms with Crippen molar-refractivity contribution in [3.63, 3.8) is 0 Å². The molecule has 1 aromatic rings. The maximum Gasteiger partial charge on any atom is 0.223 e. The normalized spacial score (nSPS) is 24.3. The van der Waals surface area contributed by atoms with Gasteiger partial charge >= 0.3 is 0 Å². The number of halogens is 1. The molecule has 0 aromatic carbocycles. The molecule has 1 saturated heterocycles. The molecule has 2 atom stereocenters. The van der Waals surface area contributed by atoms with E-state index >= 15 is 0 Å². The van der Waals surface area contributed by atoms with E-state index in [0.29, 0.717) is 18.5 Å². The topological polar surface area (TPSA) is 32.3 Å². The Morgan fingerprint density at radius 2 is 2.39 bits per heavy atom. The van der Waals surface area contributed by atoms with Gasteiger partial charge in [0.1, 0.15) is 0 Å². The molecule has 0 bridgehead atoms. The molecule has 1 amide bonds. The van der Waals surface area contributed by atoms with Crippen molar-refractivity contribution in [2.75, 3.05) is 13.1 Å². The third-order valence-electron chi connectivity index (χ3n) is 3.56. The van der Waals surface area contributed by atoms with Crippen LogP contribution in [0.2, 0.25) is 0 Å². The highest BCUT2D eigenvalue weighted by molar-refractivity contribution is 9.10. The molecule has 5 heteroatoms. The SMILES string of the molecule is CC1NCCN(C(=O)CCc2cc(Br)cs2)C1C. The summed E-state index contributed by atoms with van der Waals surface area (Å²) in [6.07, 6.45) is 1.46. The molecule has 0 radical (unpaired) electrons. The van der Waals surface area contributed by atoms with Crippen molar-refractivity contribution >= 4 is 33.2 Å². The molecule has 0 aliphatic carbocycles. The first-order valence-electron chi connectivity index (χ1n) is 6.33. The Hall–Kier alpha value is -0.390. The minimum Gasteiger partial charge on any atom is -0.337 e. The molecule has 2 unspecified atom stereocenters. The lowest BCUT2D eigenvalue weighted by atomic mass is 10.1. The molecule has 3 nitrogen and oxygen atoms in total. The van der Waals surface area contributed by atoms with Crippen LogP contribution < -0.4 is 5.32 Å². The van der Waals surface area contributed by atoms with Crippen molar-refractivity contribution in [1.82, 2.24) is 10.2 Å². The molecule has 100 valence electrons. The quantitative estimate of drug-likeness (QED) is 0.924. The third kappa shape index (κ3) is 3.33. The van der Waals surface area contributed by atoms with Gasteiger partial charge in [0.25, 0.3) is 0 Å². The number of carbonyl (C=O) groups excluding carboxylic acids is 1. The summed E-state index contributed by atoms with van der Waals surface area (Å²) < 4.78 is 1.11. The Kier molecular flexibility index (Phi) is 4.81. The smallest absolute Gasteiger partial charge is 0.223 e. The van der Waals surface area contributed by atoms with Crippen molar-refractivity contribution in [2.45, 2.75) is 38.8 Å². The number of thiophene rings is 1. The highest BCUT2D eigenvalue weighted by atomic mass is 79.9. The van der Waals surface area contributed by atoms with Gasteiger partial charge in [-0.1, -0.05) is 0 Å². The highest BCUT2D eigenvalue weighted by Gasteiger charge is 2.27. The molecular weight excluding hydrogens is 312 g/mol. The average molecular weight is 331 g/mol. The monoisotopic (exact) mass is 330 g/mol. The molecule has 0 saturated carbocycles. The van der Waals surface area contributed by atoms with Gasteiger partial charge in [-0.05, 0) is 42.3 Å². The number of nitrogens with one attached hydrogen (secondary N) is 1. The largest absolute Gasteiger partial charge is 0.337 e. The van der Waals surface area contributed by atoms with Crippen LogP contribution >= 0.6 is 27.3 Å². The Labute approximate surface area is 121 Å². The lowest BCUT2D eigenvalue weighted by molar-refractivity contribution is -0.134. The van der Waals surface area contributed by atoms with Crippen LogP contribution in [0.5, 0.6) is 0 Å². The van der Waals surface area contributed by atoms with Crippen LogP contribution in [0.3, 0.4) is 0 Å².